The molecule has 0 fully saturated rings. The van der Waals surface area contributed by atoms with Gasteiger partial charge in [0.2, 0.25) is 0 Å². The maximum absolute atomic E-state index is 14.1. The fourth-order valence-corrected chi connectivity index (χ4v) is 5.57. The van der Waals surface area contributed by atoms with Gasteiger partial charge in [0.15, 0.2) is 5.78 Å². The van der Waals surface area contributed by atoms with Gasteiger partial charge >= 0.3 is 0 Å². The molecule has 3 nitrogen and oxygen atoms in total. The van der Waals surface area contributed by atoms with Gasteiger partial charge in [0.1, 0.15) is 0 Å². The van der Waals surface area contributed by atoms with E-state index in [9.17, 15) is 4.79 Å². The van der Waals surface area contributed by atoms with Crippen molar-refractivity contribution in [2.45, 2.75) is 12.8 Å². The number of rotatable bonds is 4. The van der Waals surface area contributed by atoms with Gasteiger partial charge in [-0.15, -0.1) is 0 Å². The second-order valence-corrected chi connectivity index (χ2v) is 10.2. The number of hydrogen-bond acceptors (Lipinski definition) is 3. The van der Waals surface area contributed by atoms with E-state index in [-0.39, 0.29) is 5.78 Å². The van der Waals surface area contributed by atoms with Gasteiger partial charge in [0.25, 0.3) is 0 Å². The molecule has 6 aromatic rings. The Morgan fingerprint density at radius 2 is 0.875 bits per heavy atom. The molecule has 1 aliphatic carbocycles. The highest BCUT2D eigenvalue weighted by atomic mass is 16.1. The third kappa shape index (κ3) is 4.52. The van der Waals surface area contributed by atoms with Crippen LogP contribution in [-0.4, -0.2) is 15.8 Å². The SMILES string of the molecule is O=C1c2cc(-c3cccc(-c4ccccn4)c3)ccc2CCc2ccc(-c3cccc(-c4ccccn4)c3)cc21. The van der Waals surface area contributed by atoms with Gasteiger partial charge in [0, 0.05) is 34.6 Å². The van der Waals surface area contributed by atoms with Crippen LogP contribution in [-0.2, 0) is 12.8 Å². The zero-order valence-electron chi connectivity index (χ0n) is 21.9. The van der Waals surface area contributed by atoms with Crippen molar-refractivity contribution < 1.29 is 4.79 Å². The van der Waals surface area contributed by atoms with Gasteiger partial charge < -0.3 is 0 Å². The Kier molecular flexibility index (Phi) is 6.10. The van der Waals surface area contributed by atoms with Crippen LogP contribution in [0.1, 0.15) is 27.0 Å². The second-order valence-electron chi connectivity index (χ2n) is 10.2. The quantitative estimate of drug-likeness (QED) is 0.237. The van der Waals surface area contributed by atoms with Crippen molar-refractivity contribution in [1.29, 1.82) is 0 Å². The number of fused-ring (bicyclic) bond motifs is 2. The monoisotopic (exact) mass is 514 g/mol. The molecule has 7 rings (SSSR count). The van der Waals surface area contributed by atoms with E-state index in [0.717, 1.165) is 79.9 Å². The standard InChI is InChI=1S/C37H26N2O/c40-37-33-23-29(27-7-5-9-31(21-27)35-11-1-3-19-38-35)17-15-25(33)13-14-26-16-18-30(24-34(26)37)28-8-6-10-32(22-28)36-12-2-4-20-39-36/h1-12,15-24H,13-14H2. The number of hydrogen-bond donors (Lipinski definition) is 0. The minimum absolute atomic E-state index is 0.0907. The van der Waals surface area contributed by atoms with Gasteiger partial charge in [-0.1, -0.05) is 72.8 Å². The first-order valence-corrected chi connectivity index (χ1v) is 13.6. The molecular weight excluding hydrogens is 488 g/mol. The molecule has 40 heavy (non-hydrogen) atoms. The van der Waals surface area contributed by atoms with Crippen molar-refractivity contribution in [3.63, 3.8) is 0 Å². The van der Waals surface area contributed by atoms with Crippen molar-refractivity contribution in [2.24, 2.45) is 0 Å². The Morgan fingerprint density at radius 3 is 1.32 bits per heavy atom. The topological polar surface area (TPSA) is 42.9 Å². The maximum atomic E-state index is 14.1. The lowest BCUT2D eigenvalue weighted by Crippen LogP contribution is -2.05. The van der Waals surface area contributed by atoms with Crippen LogP contribution in [0.5, 0.6) is 0 Å². The number of ketones is 1. The summed E-state index contributed by atoms with van der Waals surface area (Å²) in [6.45, 7) is 0. The zero-order chi connectivity index (χ0) is 26.9. The second kappa shape index (κ2) is 10.2. The van der Waals surface area contributed by atoms with E-state index in [1.807, 2.05) is 60.9 Å². The van der Waals surface area contributed by atoms with Gasteiger partial charge in [-0.3, -0.25) is 14.8 Å². The van der Waals surface area contributed by atoms with Crippen molar-refractivity contribution >= 4 is 5.78 Å². The van der Waals surface area contributed by atoms with Crippen molar-refractivity contribution in [3.8, 4) is 44.8 Å². The zero-order valence-corrected chi connectivity index (χ0v) is 21.9. The van der Waals surface area contributed by atoms with Gasteiger partial charge in [-0.25, -0.2) is 0 Å². The minimum atomic E-state index is 0.0907. The van der Waals surface area contributed by atoms with Crippen LogP contribution in [0.25, 0.3) is 44.8 Å². The molecule has 0 spiro atoms. The summed E-state index contributed by atoms with van der Waals surface area (Å²) < 4.78 is 0. The van der Waals surface area contributed by atoms with E-state index in [1.54, 1.807) is 0 Å². The predicted molar refractivity (Wildman–Crippen MR) is 161 cm³/mol. The third-order valence-electron chi connectivity index (χ3n) is 7.69. The van der Waals surface area contributed by atoms with Crippen LogP contribution in [0.4, 0.5) is 0 Å². The molecular formula is C37H26N2O. The molecule has 0 radical (unpaired) electrons. The molecule has 0 unspecified atom stereocenters. The molecule has 3 heteroatoms. The molecule has 0 aliphatic heterocycles. The number of benzene rings is 4. The molecule has 0 N–H and O–H groups in total. The lowest BCUT2D eigenvalue weighted by atomic mass is 9.92. The number of nitrogens with zero attached hydrogens (tertiary/aromatic N) is 2. The number of carbonyl (C=O) groups is 1. The normalized spacial score (nSPS) is 12.3. The Balaban J connectivity index is 1.26. The lowest BCUT2D eigenvalue weighted by molar-refractivity contribution is 0.103. The average molecular weight is 515 g/mol. The van der Waals surface area contributed by atoms with Crippen LogP contribution in [0.2, 0.25) is 0 Å². The van der Waals surface area contributed by atoms with Crippen LogP contribution >= 0.6 is 0 Å². The van der Waals surface area contributed by atoms with E-state index < -0.39 is 0 Å². The fourth-order valence-electron chi connectivity index (χ4n) is 5.57. The lowest BCUT2D eigenvalue weighted by Gasteiger charge is -2.11. The van der Waals surface area contributed by atoms with Crippen LogP contribution in [0.3, 0.4) is 0 Å². The van der Waals surface area contributed by atoms with E-state index in [1.165, 1.54) is 0 Å². The Morgan fingerprint density at radius 1 is 0.425 bits per heavy atom. The van der Waals surface area contributed by atoms with E-state index in [0.29, 0.717) is 0 Å². The molecule has 0 amide bonds. The minimum Gasteiger partial charge on any atom is -0.289 e. The van der Waals surface area contributed by atoms with Crippen LogP contribution < -0.4 is 0 Å². The first kappa shape index (κ1) is 23.9. The molecule has 4 aromatic carbocycles. The summed E-state index contributed by atoms with van der Waals surface area (Å²) in [6.07, 6.45) is 5.31. The fraction of sp³-hybridized carbons (Fsp3) is 0.0541. The molecule has 1 aliphatic rings. The van der Waals surface area contributed by atoms with Crippen LogP contribution in [0.15, 0.2) is 134 Å². The van der Waals surface area contributed by atoms with Crippen molar-refractivity contribution in [3.05, 3.63) is 156 Å². The van der Waals surface area contributed by atoms with Crippen LogP contribution in [0, 0.1) is 0 Å². The van der Waals surface area contributed by atoms with Crippen molar-refractivity contribution in [2.75, 3.05) is 0 Å². The third-order valence-corrected chi connectivity index (χ3v) is 7.69. The van der Waals surface area contributed by atoms with E-state index in [4.69, 9.17) is 0 Å². The molecule has 0 saturated carbocycles. The molecule has 2 heterocycles. The average Bonchev–Trinajstić information content (AvgIpc) is 3.17. The summed E-state index contributed by atoms with van der Waals surface area (Å²) in [6, 6.07) is 41.2. The highest BCUT2D eigenvalue weighted by molar-refractivity contribution is 6.12. The Hall–Kier alpha value is -5.15. The van der Waals surface area contributed by atoms with E-state index >= 15 is 0 Å². The van der Waals surface area contributed by atoms with Gasteiger partial charge in [-0.2, -0.15) is 0 Å². The molecule has 0 atom stereocenters. The summed E-state index contributed by atoms with van der Waals surface area (Å²) in [5.74, 6) is 0.0907. The van der Waals surface area contributed by atoms with E-state index in [2.05, 4.69) is 82.8 Å². The smallest absolute Gasteiger partial charge is 0.193 e. The first-order valence-electron chi connectivity index (χ1n) is 13.6. The van der Waals surface area contributed by atoms with Crippen molar-refractivity contribution in [1.82, 2.24) is 9.97 Å². The summed E-state index contributed by atoms with van der Waals surface area (Å²) >= 11 is 0. The molecule has 2 aromatic heterocycles. The Labute approximate surface area is 233 Å². The summed E-state index contributed by atoms with van der Waals surface area (Å²) in [4.78, 5) is 23.1. The largest absolute Gasteiger partial charge is 0.289 e. The number of carbonyl (C=O) groups excluding carboxylic acids is 1. The Bertz CT molecular complexity index is 1720. The van der Waals surface area contributed by atoms with Gasteiger partial charge in [0.05, 0.1) is 11.4 Å². The first-order chi connectivity index (χ1) is 19.7. The summed E-state index contributed by atoms with van der Waals surface area (Å²) in [5, 5.41) is 0. The highest BCUT2D eigenvalue weighted by Crippen LogP contribution is 2.33. The molecule has 190 valence electrons. The maximum Gasteiger partial charge on any atom is 0.193 e. The number of aryl methyl sites for hydroxylation is 2. The predicted octanol–water partition coefficient (Wildman–Crippen LogP) is 8.47. The number of aromatic nitrogens is 2. The number of pyridine rings is 2. The molecule has 0 bridgehead atoms. The van der Waals surface area contributed by atoms with Gasteiger partial charge in [-0.05, 0) is 94.8 Å². The summed E-state index contributed by atoms with van der Waals surface area (Å²) in [5.41, 5.74) is 12.0. The highest BCUT2D eigenvalue weighted by Gasteiger charge is 2.22. The summed E-state index contributed by atoms with van der Waals surface area (Å²) in [7, 11) is 0. The molecule has 0 saturated heterocycles.